The van der Waals surface area contributed by atoms with E-state index in [1.165, 1.54) is 19.3 Å². The summed E-state index contributed by atoms with van der Waals surface area (Å²) in [6, 6.07) is 4.41. The molecule has 5 nitrogen and oxygen atoms in total. The monoisotopic (exact) mass is 310 g/mol. The van der Waals surface area contributed by atoms with Crippen molar-refractivity contribution in [2.75, 3.05) is 18.0 Å². The summed E-state index contributed by atoms with van der Waals surface area (Å²) in [6.45, 7) is 2.02. The third kappa shape index (κ3) is 2.69. The average molecular weight is 311 g/mol. The molecule has 0 atom stereocenters. The zero-order valence-corrected chi connectivity index (χ0v) is 11.7. The highest BCUT2D eigenvalue weighted by Gasteiger charge is 2.17. The minimum Gasteiger partial charge on any atom is -0.403 e. The van der Waals surface area contributed by atoms with Crippen molar-refractivity contribution >= 4 is 23.0 Å². The number of halogens is 1. The number of rotatable bonds is 2. The molecule has 0 N–H and O–H groups in total. The van der Waals surface area contributed by atoms with Crippen LogP contribution < -0.4 is 4.90 Å². The molecular formula is C12H15BrN4O. The first-order chi connectivity index (χ1) is 8.43. The maximum Gasteiger partial charge on any atom is 0.318 e. The number of hydrogen-bond donors (Lipinski definition) is 0. The van der Waals surface area contributed by atoms with Crippen LogP contribution in [0.25, 0.3) is 11.5 Å². The smallest absolute Gasteiger partial charge is 0.318 e. The summed E-state index contributed by atoms with van der Waals surface area (Å²) in [5.41, 5.74) is 0.864. The Bertz CT molecular complexity index is 482. The second kappa shape index (κ2) is 5.95. The summed E-state index contributed by atoms with van der Waals surface area (Å²) in [5, 5.41) is 8.16. The molecule has 1 saturated heterocycles. The first-order valence-electron chi connectivity index (χ1n) is 5.92. The molecule has 2 aromatic heterocycles. The first kappa shape index (κ1) is 13.0. The zero-order valence-electron chi connectivity index (χ0n) is 9.95. The highest BCUT2D eigenvalue weighted by Crippen LogP contribution is 2.23. The van der Waals surface area contributed by atoms with Gasteiger partial charge in [0.25, 0.3) is 5.89 Å². The molecule has 1 aliphatic rings. The lowest BCUT2D eigenvalue weighted by molar-refractivity contribution is 0.498. The SMILES string of the molecule is Br.c1cncc(-c2nnc(N3CCCCC3)o2)c1. The maximum absolute atomic E-state index is 5.67. The van der Waals surface area contributed by atoms with Gasteiger partial charge in [0.1, 0.15) is 0 Å². The van der Waals surface area contributed by atoms with Crippen molar-refractivity contribution in [1.29, 1.82) is 0 Å². The van der Waals surface area contributed by atoms with Gasteiger partial charge in [-0.15, -0.1) is 22.1 Å². The summed E-state index contributed by atoms with van der Waals surface area (Å²) in [4.78, 5) is 6.19. The van der Waals surface area contributed by atoms with Gasteiger partial charge in [-0.2, -0.15) is 0 Å². The Labute approximate surface area is 116 Å². The minimum atomic E-state index is 0. The van der Waals surface area contributed by atoms with E-state index in [1.54, 1.807) is 12.4 Å². The van der Waals surface area contributed by atoms with Gasteiger partial charge < -0.3 is 9.32 Å². The largest absolute Gasteiger partial charge is 0.403 e. The van der Waals surface area contributed by atoms with Crippen molar-refractivity contribution in [3.8, 4) is 11.5 Å². The average Bonchev–Trinajstić information content (AvgIpc) is 2.90. The lowest BCUT2D eigenvalue weighted by Crippen LogP contribution is -2.29. The molecule has 0 spiro atoms. The van der Waals surface area contributed by atoms with Crippen molar-refractivity contribution in [1.82, 2.24) is 15.2 Å². The van der Waals surface area contributed by atoms with E-state index in [1.807, 2.05) is 12.1 Å². The van der Waals surface area contributed by atoms with E-state index in [9.17, 15) is 0 Å². The zero-order chi connectivity index (χ0) is 11.5. The van der Waals surface area contributed by atoms with Crippen LogP contribution >= 0.6 is 17.0 Å². The topological polar surface area (TPSA) is 55.1 Å². The summed E-state index contributed by atoms with van der Waals surface area (Å²) in [7, 11) is 0. The number of nitrogens with zero attached hydrogens (tertiary/aromatic N) is 4. The Hall–Kier alpha value is -1.43. The molecule has 0 aromatic carbocycles. The summed E-state index contributed by atoms with van der Waals surface area (Å²) >= 11 is 0. The maximum atomic E-state index is 5.67. The van der Waals surface area contributed by atoms with E-state index in [2.05, 4.69) is 20.1 Å². The molecule has 0 amide bonds. The highest BCUT2D eigenvalue weighted by atomic mass is 79.9. The molecule has 3 heterocycles. The van der Waals surface area contributed by atoms with Crippen LogP contribution in [0.15, 0.2) is 28.9 Å². The minimum absolute atomic E-state index is 0. The van der Waals surface area contributed by atoms with Gasteiger partial charge in [0.05, 0.1) is 5.56 Å². The van der Waals surface area contributed by atoms with Crippen LogP contribution in [0, 0.1) is 0 Å². The molecule has 3 rings (SSSR count). The van der Waals surface area contributed by atoms with E-state index >= 15 is 0 Å². The van der Waals surface area contributed by atoms with Gasteiger partial charge in [-0.05, 0) is 31.4 Å². The molecule has 2 aromatic rings. The molecule has 6 heteroatoms. The molecule has 0 saturated carbocycles. The van der Waals surface area contributed by atoms with Crippen LogP contribution in [-0.4, -0.2) is 28.3 Å². The second-order valence-corrected chi connectivity index (χ2v) is 4.18. The van der Waals surface area contributed by atoms with Crippen molar-refractivity contribution in [2.45, 2.75) is 19.3 Å². The summed E-state index contributed by atoms with van der Waals surface area (Å²) in [5.74, 6) is 0.540. The Kier molecular flexibility index (Phi) is 4.30. The number of pyridine rings is 1. The van der Waals surface area contributed by atoms with E-state index in [0.29, 0.717) is 11.9 Å². The number of hydrogen-bond acceptors (Lipinski definition) is 5. The van der Waals surface area contributed by atoms with Crippen molar-refractivity contribution < 1.29 is 4.42 Å². The Morgan fingerprint density at radius 2 is 1.94 bits per heavy atom. The van der Waals surface area contributed by atoms with Gasteiger partial charge >= 0.3 is 6.01 Å². The third-order valence-corrected chi connectivity index (χ3v) is 2.95. The molecule has 0 bridgehead atoms. The quantitative estimate of drug-likeness (QED) is 0.853. The summed E-state index contributed by atoms with van der Waals surface area (Å²) < 4.78 is 5.67. The first-order valence-corrected chi connectivity index (χ1v) is 5.92. The third-order valence-electron chi connectivity index (χ3n) is 2.95. The second-order valence-electron chi connectivity index (χ2n) is 4.18. The Balaban J connectivity index is 0.00000120. The van der Waals surface area contributed by atoms with E-state index < -0.39 is 0 Å². The van der Waals surface area contributed by atoms with Gasteiger partial charge in [0, 0.05) is 25.5 Å². The molecule has 1 aliphatic heterocycles. The van der Waals surface area contributed by atoms with Crippen LogP contribution in [0.2, 0.25) is 0 Å². The van der Waals surface area contributed by atoms with Crippen LogP contribution in [0.1, 0.15) is 19.3 Å². The van der Waals surface area contributed by atoms with Crippen molar-refractivity contribution in [2.24, 2.45) is 0 Å². The Morgan fingerprint density at radius 1 is 1.11 bits per heavy atom. The normalized spacial score (nSPS) is 15.2. The van der Waals surface area contributed by atoms with Crippen LogP contribution in [-0.2, 0) is 0 Å². The molecular weight excluding hydrogens is 296 g/mol. The lowest BCUT2D eigenvalue weighted by Gasteiger charge is -2.24. The van der Waals surface area contributed by atoms with Crippen LogP contribution in [0.4, 0.5) is 6.01 Å². The molecule has 0 radical (unpaired) electrons. The highest BCUT2D eigenvalue weighted by molar-refractivity contribution is 8.93. The molecule has 0 aliphatic carbocycles. The van der Waals surface area contributed by atoms with Crippen LogP contribution in [0.3, 0.4) is 0 Å². The summed E-state index contributed by atoms with van der Waals surface area (Å²) in [6.07, 6.45) is 7.15. The number of anilines is 1. The predicted octanol–water partition coefficient (Wildman–Crippen LogP) is 2.70. The molecule has 96 valence electrons. The van der Waals surface area contributed by atoms with Crippen molar-refractivity contribution in [3.63, 3.8) is 0 Å². The number of piperidine rings is 1. The molecule has 1 fully saturated rings. The van der Waals surface area contributed by atoms with Gasteiger partial charge in [0.2, 0.25) is 0 Å². The fraction of sp³-hybridized carbons (Fsp3) is 0.417. The molecule has 18 heavy (non-hydrogen) atoms. The van der Waals surface area contributed by atoms with E-state index in [-0.39, 0.29) is 17.0 Å². The Morgan fingerprint density at radius 3 is 2.67 bits per heavy atom. The molecule has 0 unspecified atom stereocenters. The van der Waals surface area contributed by atoms with Gasteiger partial charge in [-0.3, -0.25) is 4.98 Å². The fourth-order valence-electron chi connectivity index (χ4n) is 2.03. The van der Waals surface area contributed by atoms with Gasteiger partial charge in [-0.1, -0.05) is 5.10 Å². The fourth-order valence-corrected chi connectivity index (χ4v) is 2.03. The van der Waals surface area contributed by atoms with E-state index in [4.69, 9.17) is 4.42 Å². The van der Waals surface area contributed by atoms with Crippen molar-refractivity contribution in [3.05, 3.63) is 24.5 Å². The van der Waals surface area contributed by atoms with Gasteiger partial charge in [0.15, 0.2) is 0 Å². The van der Waals surface area contributed by atoms with Crippen LogP contribution in [0.5, 0.6) is 0 Å². The predicted molar refractivity (Wildman–Crippen MR) is 73.9 cm³/mol. The number of aromatic nitrogens is 3. The van der Waals surface area contributed by atoms with Gasteiger partial charge in [-0.25, -0.2) is 0 Å². The lowest BCUT2D eigenvalue weighted by atomic mass is 10.1. The standard InChI is InChI=1S/C12H14N4O.BrH/c1-2-7-16(8-3-1)12-15-14-11(17-12)10-5-4-6-13-9-10;/h4-6,9H,1-3,7-8H2;1H. The van der Waals surface area contributed by atoms with E-state index in [0.717, 1.165) is 18.7 Å².